The number of hydrogen-bond acceptors (Lipinski definition) is 8. The Morgan fingerprint density at radius 2 is 1.84 bits per heavy atom. The zero-order valence-corrected chi connectivity index (χ0v) is 22.1. The summed E-state index contributed by atoms with van der Waals surface area (Å²) in [5, 5.41) is 21.9. The number of aldehydes is 1. The molecule has 0 bridgehead atoms. The first-order chi connectivity index (χ1) is 18.2. The van der Waals surface area contributed by atoms with Gasteiger partial charge < -0.3 is 19.7 Å². The van der Waals surface area contributed by atoms with E-state index >= 15 is 0 Å². The number of anilines is 1. The van der Waals surface area contributed by atoms with Crippen molar-refractivity contribution < 1.29 is 14.3 Å². The maximum Gasteiger partial charge on any atom is 0.272 e. The summed E-state index contributed by atoms with van der Waals surface area (Å²) in [4.78, 5) is 30.6. The number of fused-ring (bicyclic) bond motifs is 1. The fourth-order valence-corrected chi connectivity index (χ4v) is 6.35. The SMILES string of the molecule is CC1(C)[C@H](NC(=O)c2ccc(N3CCC(C=O)CC3)nn2)C(C)(C)[C@H]1Oc1ccc(C#N)c2ncccc12. The van der Waals surface area contributed by atoms with Crippen LogP contribution in [0, 0.1) is 28.1 Å². The number of amides is 1. The van der Waals surface area contributed by atoms with E-state index in [1.165, 1.54) is 0 Å². The number of benzene rings is 1. The zero-order chi connectivity index (χ0) is 27.1. The van der Waals surface area contributed by atoms with E-state index in [1.807, 2.05) is 24.3 Å². The summed E-state index contributed by atoms with van der Waals surface area (Å²) in [5.74, 6) is 1.22. The van der Waals surface area contributed by atoms with Gasteiger partial charge in [0, 0.05) is 47.5 Å². The van der Waals surface area contributed by atoms with Crippen LogP contribution in [0.4, 0.5) is 5.82 Å². The second-order valence-electron chi connectivity index (χ2n) is 11.4. The summed E-state index contributed by atoms with van der Waals surface area (Å²) in [5.41, 5.74) is 0.623. The Hall–Kier alpha value is -4.06. The largest absolute Gasteiger partial charge is 0.488 e. The Labute approximate surface area is 222 Å². The lowest BCUT2D eigenvalue weighted by Crippen LogP contribution is -2.74. The summed E-state index contributed by atoms with van der Waals surface area (Å²) >= 11 is 0. The minimum absolute atomic E-state index is 0.110. The molecule has 1 saturated carbocycles. The molecule has 9 nitrogen and oxygen atoms in total. The van der Waals surface area contributed by atoms with Crippen LogP contribution >= 0.6 is 0 Å². The first kappa shape index (κ1) is 25.6. The third-order valence-corrected chi connectivity index (χ3v) is 8.15. The number of pyridine rings is 1. The molecule has 3 aromatic rings. The van der Waals surface area contributed by atoms with Crippen LogP contribution in [-0.4, -0.2) is 52.6 Å². The third kappa shape index (κ3) is 4.34. The van der Waals surface area contributed by atoms with Crippen LogP contribution in [0.25, 0.3) is 10.9 Å². The number of aromatic nitrogens is 3. The molecule has 38 heavy (non-hydrogen) atoms. The fraction of sp³-hybridized carbons (Fsp3) is 0.448. The molecule has 1 saturated heterocycles. The van der Waals surface area contributed by atoms with Gasteiger partial charge in [0.15, 0.2) is 11.5 Å². The molecular formula is C29H32N6O3. The lowest BCUT2D eigenvalue weighted by atomic mass is 9.49. The summed E-state index contributed by atoms with van der Waals surface area (Å²) in [6, 6.07) is 12.8. The monoisotopic (exact) mass is 512 g/mol. The Kier molecular flexibility index (Phi) is 6.51. The van der Waals surface area contributed by atoms with Crippen LogP contribution in [0.5, 0.6) is 5.75 Å². The van der Waals surface area contributed by atoms with Crippen molar-refractivity contribution in [2.45, 2.75) is 52.7 Å². The van der Waals surface area contributed by atoms with E-state index in [-0.39, 0.29) is 40.5 Å². The van der Waals surface area contributed by atoms with Crippen molar-refractivity contribution in [2.24, 2.45) is 16.7 Å². The standard InChI is InChI=1S/C29H32N6O3/c1-28(2)26(32-25(37)21-8-10-23(34-33-21)35-14-11-18(17-36)12-15-35)29(3,4)27(28)38-22-9-7-19(16-30)24-20(22)6-5-13-31-24/h5-10,13,17-18,26-27H,11-12,14-15H2,1-4H3,(H,32,37)/t26-,27-. The highest BCUT2D eigenvalue weighted by Gasteiger charge is 2.64. The molecule has 2 aromatic heterocycles. The molecule has 1 aliphatic heterocycles. The number of nitriles is 1. The number of nitrogens with one attached hydrogen (secondary N) is 1. The van der Waals surface area contributed by atoms with E-state index in [1.54, 1.807) is 18.3 Å². The van der Waals surface area contributed by atoms with E-state index in [0.717, 1.165) is 37.6 Å². The Bertz CT molecular complexity index is 1390. The van der Waals surface area contributed by atoms with Crippen LogP contribution in [0.1, 0.15) is 56.6 Å². The highest BCUT2D eigenvalue weighted by Crippen LogP contribution is 2.56. The molecule has 0 unspecified atom stereocenters. The minimum atomic E-state index is -0.377. The van der Waals surface area contributed by atoms with Crippen LogP contribution in [-0.2, 0) is 4.79 Å². The molecule has 1 N–H and O–H groups in total. The predicted molar refractivity (Wildman–Crippen MR) is 143 cm³/mol. The van der Waals surface area contributed by atoms with Crippen molar-refractivity contribution in [2.75, 3.05) is 18.0 Å². The minimum Gasteiger partial charge on any atom is -0.488 e. The van der Waals surface area contributed by atoms with Crippen LogP contribution in [0.15, 0.2) is 42.6 Å². The quantitative estimate of drug-likeness (QED) is 0.493. The predicted octanol–water partition coefficient (Wildman–Crippen LogP) is 3.92. The van der Waals surface area contributed by atoms with Crippen molar-refractivity contribution in [3.8, 4) is 11.8 Å². The number of carbonyl (C=O) groups is 2. The number of carbonyl (C=O) groups excluding carboxylic acids is 2. The number of nitrogens with zero attached hydrogens (tertiary/aromatic N) is 5. The molecule has 0 spiro atoms. The van der Waals surface area contributed by atoms with E-state index in [9.17, 15) is 14.9 Å². The molecule has 2 fully saturated rings. The van der Waals surface area contributed by atoms with Gasteiger partial charge in [0.2, 0.25) is 0 Å². The zero-order valence-electron chi connectivity index (χ0n) is 22.1. The van der Waals surface area contributed by atoms with Gasteiger partial charge in [0.1, 0.15) is 24.2 Å². The fourth-order valence-electron chi connectivity index (χ4n) is 6.35. The molecule has 3 heterocycles. The number of hydrogen-bond donors (Lipinski definition) is 1. The van der Waals surface area contributed by atoms with E-state index < -0.39 is 0 Å². The maximum atomic E-state index is 13.2. The van der Waals surface area contributed by atoms with E-state index in [0.29, 0.717) is 22.6 Å². The first-order valence-corrected chi connectivity index (χ1v) is 13.0. The summed E-state index contributed by atoms with van der Waals surface area (Å²) in [7, 11) is 0. The molecule has 0 atom stereocenters. The maximum absolute atomic E-state index is 13.2. The lowest BCUT2D eigenvalue weighted by Gasteiger charge is -2.63. The molecule has 1 aliphatic carbocycles. The van der Waals surface area contributed by atoms with Gasteiger partial charge in [0.25, 0.3) is 5.91 Å². The van der Waals surface area contributed by atoms with Gasteiger partial charge in [-0.25, -0.2) is 0 Å². The smallest absolute Gasteiger partial charge is 0.272 e. The summed E-state index contributed by atoms with van der Waals surface area (Å²) in [6.45, 7) is 9.82. The topological polar surface area (TPSA) is 121 Å². The van der Waals surface area contributed by atoms with Crippen LogP contribution in [0.2, 0.25) is 0 Å². The third-order valence-electron chi connectivity index (χ3n) is 8.15. The van der Waals surface area contributed by atoms with Gasteiger partial charge in [-0.05, 0) is 49.2 Å². The highest BCUT2D eigenvalue weighted by molar-refractivity contribution is 5.93. The van der Waals surface area contributed by atoms with Crippen LogP contribution < -0.4 is 15.0 Å². The van der Waals surface area contributed by atoms with Crippen molar-refractivity contribution >= 4 is 28.9 Å². The van der Waals surface area contributed by atoms with Gasteiger partial charge >= 0.3 is 0 Å². The average molecular weight is 513 g/mol. The number of piperidine rings is 1. The highest BCUT2D eigenvalue weighted by atomic mass is 16.5. The van der Waals surface area contributed by atoms with Gasteiger partial charge in [-0.1, -0.05) is 27.7 Å². The molecular weight excluding hydrogens is 480 g/mol. The Balaban J connectivity index is 1.28. The molecule has 5 rings (SSSR count). The van der Waals surface area contributed by atoms with E-state index in [2.05, 4.69) is 59.2 Å². The van der Waals surface area contributed by atoms with Crippen molar-refractivity contribution in [1.82, 2.24) is 20.5 Å². The van der Waals surface area contributed by atoms with Gasteiger partial charge in [-0.2, -0.15) is 5.26 Å². The van der Waals surface area contributed by atoms with Crippen molar-refractivity contribution in [3.05, 3.63) is 53.9 Å². The lowest BCUT2D eigenvalue weighted by molar-refractivity contribution is -0.163. The van der Waals surface area contributed by atoms with Gasteiger partial charge in [-0.3, -0.25) is 9.78 Å². The van der Waals surface area contributed by atoms with Gasteiger partial charge in [-0.15, -0.1) is 10.2 Å². The first-order valence-electron chi connectivity index (χ1n) is 13.0. The second kappa shape index (κ2) is 9.67. The summed E-state index contributed by atoms with van der Waals surface area (Å²) in [6.07, 6.45) is 4.11. The number of rotatable bonds is 6. The average Bonchev–Trinajstić information content (AvgIpc) is 2.94. The molecule has 196 valence electrons. The molecule has 1 amide bonds. The number of ether oxygens (including phenoxy) is 1. The van der Waals surface area contributed by atoms with Crippen LogP contribution in [0.3, 0.4) is 0 Å². The molecule has 0 radical (unpaired) electrons. The van der Waals surface area contributed by atoms with Crippen molar-refractivity contribution in [3.63, 3.8) is 0 Å². The van der Waals surface area contributed by atoms with E-state index in [4.69, 9.17) is 4.74 Å². The molecule has 9 heteroatoms. The second-order valence-corrected chi connectivity index (χ2v) is 11.4. The normalized spacial score (nSPS) is 22.2. The Morgan fingerprint density at radius 3 is 2.47 bits per heavy atom. The van der Waals surface area contributed by atoms with Gasteiger partial charge in [0.05, 0.1) is 11.1 Å². The Morgan fingerprint density at radius 1 is 1.11 bits per heavy atom. The molecule has 1 aromatic carbocycles. The summed E-state index contributed by atoms with van der Waals surface area (Å²) < 4.78 is 6.55. The van der Waals surface area contributed by atoms with Crippen molar-refractivity contribution in [1.29, 1.82) is 5.26 Å². The molecule has 2 aliphatic rings.